The summed E-state index contributed by atoms with van der Waals surface area (Å²) in [5.74, 6) is -1.42. The van der Waals surface area contributed by atoms with Crippen molar-refractivity contribution in [3.63, 3.8) is 0 Å². The summed E-state index contributed by atoms with van der Waals surface area (Å²) >= 11 is 0. The highest BCUT2D eigenvalue weighted by Crippen LogP contribution is 2.26. The van der Waals surface area contributed by atoms with Gasteiger partial charge in [0.05, 0.1) is 9.82 Å². The molecule has 2 rings (SSSR count). The van der Waals surface area contributed by atoms with Crippen molar-refractivity contribution in [1.82, 2.24) is 9.62 Å². The predicted molar refractivity (Wildman–Crippen MR) is 116 cm³/mol. The van der Waals surface area contributed by atoms with Crippen LogP contribution in [0.4, 0.5) is 11.4 Å². The summed E-state index contributed by atoms with van der Waals surface area (Å²) in [6.07, 6.45) is 0. The first-order chi connectivity index (χ1) is 15.0. The summed E-state index contributed by atoms with van der Waals surface area (Å²) < 4.78 is 31.6. The molecule has 0 atom stereocenters. The van der Waals surface area contributed by atoms with Gasteiger partial charge in [0, 0.05) is 26.7 Å². The highest BCUT2D eigenvalue weighted by atomic mass is 32.2. The van der Waals surface area contributed by atoms with Crippen molar-refractivity contribution >= 4 is 33.3 Å². The van der Waals surface area contributed by atoms with E-state index in [-0.39, 0.29) is 10.6 Å². The van der Waals surface area contributed by atoms with E-state index in [1.54, 1.807) is 7.05 Å². The smallest absolute Gasteiger partial charge is 0.321 e. The average Bonchev–Trinajstić information content (AvgIpc) is 2.76. The van der Waals surface area contributed by atoms with Crippen molar-refractivity contribution in [2.24, 2.45) is 0 Å². The van der Waals surface area contributed by atoms with Crippen molar-refractivity contribution in [1.29, 1.82) is 0 Å². The molecular weight excluding hydrogens is 440 g/mol. The average molecular weight is 465 g/mol. The Morgan fingerprint density at radius 1 is 1.19 bits per heavy atom. The topological polar surface area (TPSA) is 148 Å². The first-order valence-corrected chi connectivity index (χ1v) is 10.9. The number of likely N-dealkylation sites (N-methyl/N-ethyl adjacent to an activating group) is 1. The number of hydrogen-bond acceptors (Lipinski definition) is 8. The number of benzene rings is 2. The predicted octanol–water partition coefficient (Wildman–Crippen LogP) is 1.43. The molecular formula is C20H24N4O7S. The number of carbonyl (C=O) groups is 2. The van der Waals surface area contributed by atoms with E-state index in [9.17, 15) is 28.1 Å². The lowest BCUT2D eigenvalue weighted by atomic mass is 10.1. The molecule has 0 saturated heterocycles. The van der Waals surface area contributed by atoms with Gasteiger partial charge in [-0.25, -0.2) is 8.42 Å². The molecule has 0 aliphatic carbocycles. The summed E-state index contributed by atoms with van der Waals surface area (Å²) in [7, 11) is -1.19. The Hall–Kier alpha value is -3.51. The van der Waals surface area contributed by atoms with E-state index in [2.05, 4.69) is 5.32 Å². The van der Waals surface area contributed by atoms with Crippen molar-refractivity contribution in [3.8, 4) is 0 Å². The molecule has 11 nitrogen and oxygen atoms in total. The first-order valence-electron chi connectivity index (χ1n) is 9.45. The molecule has 0 bridgehead atoms. The second-order valence-electron chi connectivity index (χ2n) is 6.85. The lowest BCUT2D eigenvalue weighted by molar-refractivity contribution is -0.384. The molecule has 0 saturated carbocycles. The maximum Gasteiger partial charge on any atom is 0.321 e. The minimum atomic E-state index is -4.22. The number of anilines is 1. The van der Waals surface area contributed by atoms with E-state index in [4.69, 9.17) is 4.74 Å². The van der Waals surface area contributed by atoms with Gasteiger partial charge in [-0.2, -0.15) is 4.72 Å². The maximum absolute atomic E-state index is 12.4. The summed E-state index contributed by atoms with van der Waals surface area (Å²) in [5.41, 5.74) is 1.67. The Morgan fingerprint density at radius 3 is 2.50 bits per heavy atom. The van der Waals surface area contributed by atoms with E-state index < -0.39 is 45.7 Å². The number of esters is 1. The molecule has 0 aliphatic heterocycles. The Labute approximate surface area is 185 Å². The zero-order chi connectivity index (χ0) is 23.9. The third kappa shape index (κ3) is 6.49. The third-order valence-electron chi connectivity index (χ3n) is 4.60. The third-order valence-corrected chi connectivity index (χ3v) is 6.00. The number of ether oxygens (including phenoxy) is 1. The van der Waals surface area contributed by atoms with Crippen LogP contribution in [0.1, 0.15) is 11.1 Å². The molecule has 0 spiro atoms. The van der Waals surface area contributed by atoms with Crippen molar-refractivity contribution in [2.45, 2.75) is 18.4 Å². The van der Waals surface area contributed by atoms with Crippen LogP contribution in [0, 0.1) is 17.0 Å². The van der Waals surface area contributed by atoms with Crippen molar-refractivity contribution in [3.05, 3.63) is 63.7 Å². The Bertz CT molecular complexity index is 1120. The van der Waals surface area contributed by atoms with E-state index >= 15 is 0 Å². The zero-order valence-corrected chi connectivity index (χ0v) is 18.6. The minimum Gasteiger partial charge on any atom is -0.455 e. The number of nitro benzene ring substituents is 1. The largest absolute Gasteiger partial charge is 0.455 e. The van der Waals surface area contributed by atoms with Gasteiger partial charge >= 0.3 is 5.97 Å². The van der Waals surface area contributed by atoms with Crippen LogP contribution in [-0.2, 0) is 30.9 Å². The molecule has 0 aromatic heterocycles. The normalized spacial score (nSPS) is 11.0. The van der Waals surface area contributed by atoms with Crippen LogP contribution in [0.3, 0.4) is 0 Å². The quantitative estimate of drug-likeness (QED) is 0.305. The van der Waals surface area contributed by atoms with Gasteiger partial charge in [-0.05, 0) is 30.2 Å². The highest BCUT2D eigenvalue weighted by molar-refractivity contribution is 7.89. The number of nitrogens with zero attached hydrogens (tertiary/aromatic N) is 2. The molecule has 2 N–H and O–H groups in total. The maximum atomic E-state index is 12.4. The van der Waals surface area contributed by atoms with Crippen molar-refractivity contribution < 1.29 is 27.7 Å². The second-order valence-corrected chi connectivity index (χ2v) is 8.61. The van der Waals surface area contributed by atoms with Gasteiger partial charge in [-0.1, -0.05) is 24.3 Å². The molecule has 12 heteroatoms. The molecule has 0 radical (unpaired) electrons. The van der Waals surface area contributed by atoms with Gasteiger partial charge in [0.2, 0.25) is 10.0 Å². The second kappa shape index (κ2) is 10.7. The van der Waals surface area contributed by atoms with Crippen LogP contribution in [0.15, 0.2) is 47.4 Å². The molecule has 32 heavy (non-hydrogen) atoms. The molecule has 0 heterocycles. The number of hydrogen-bond donors (Lipinski definition) is 2. The fourth-order valence-electron chi connectivity index (χ4n) is 2.71. The monoisotopic (exact) mass is 464 g/mol. The van der Waals surface area contributed by atoms with E-state index in [1.165, 1.54) is 18.0 Å². The number of nitrogens with one attached hydrogen (secondary N) is 2. The summed E-state index contributed by atoms with van der Waals surface area (Å²) in [6, 6.07) is 10.8. The van der Waals surface area contributed by atoms with Crippen LogP contribution in [0.2, 0.25) is 0 Å². The molecule has 2 aromatic rings. The molecule has 0 aliphatic rings. The lowest BCUT2D eigenvalue weighted by Gasteiger charge is -2.18. The molecule has 0 unspecified atom stereocenters. The highest BCUT2D eigenvalue weighted by Gasteiger charge is 2.22. The van der Waals surface area contributed by atoms with E-state index in [0.717, 1.165) is 23.3 Å². The molecule has 1 amide bonds. The van der Waals surface area contributed by atoms with Crippen LogP contribution in [0.25, 0.3) is 0 Å². The summed E-state index contributed by atoms with van der Waals surface area (Å²) in [6.45, 7) is 0.960. The van der Waals surface area contributed by atoms with Gasteiger partial charge in [0.25, 0.3) is 11.6 Å². The Morgan fingerprint density at radius 2 is 1.88 bits per heavy atom. The molecule has 2 aromatic carbocycles. The number of nitro groups is 1. The Balaban J connectivity index is 1.90. The number of rotatable bonds is 10. The fourth-order valence-corrected chi connectivity index (χ4v) is 3.70. The first kappa shape index (κ1) is 24.8. The van der Waals surface area contributed by atoms with Crippen LogP contribution in [0.5, 0.6) is 0 Å². The number of amides is 1. The van der Waals surface area contributed by atoms with E-state index in [0.29, 0.717) is 6.54 Å². The zero-order valence-electron chi connectivity index (χ0n) is 17.8. The SMILES string of the molecule is CNc1ccc(S(=O)(=O)NCC(=O)OCC(=O)N(C)Cc2ccccc2C)cc1[N+](=O)[O-]. The van der Waals surface area contributed by atoms with Crippen LogP contribution in [-0.4, -0.2) is 57.4 Å². The summed E-state index contributed by atoms with van der Waals surface area (Å²) in [5, 5.41) is 13.7. The lowest BCUT2D eigenvalue weighted by Crippen LogP contribution is -2.34. The Kier molecular flexibility index (Phi) is 8.27. The van der Waals surface area contributed by atoms with Gasteiger partial charge in [0.15, 0.2) is 6.61 Å². The fraction of sp³-hybridized carbons (Fsp3) is 0.300. The molecule has 0 fully saturated rings. The number of sulfonamides is 1. The number of aryl methyl sites for hydroxylation is 1. The van der Waals surface area contributed by atoms with Gasteiger partial charge in [0.1, 0.15) is 12.2 Å². The van der Waals surface area contributed by atoms with Gasteiger partial charge < -0.3 is 15.0 Å². The van der Waals surface area contributed by atoms with Crippen molar-refractivity contribution in [2.75, 3.05) is 32.6 Å². The summed E-state index contributed by atoms with van der Waals surface area (Å²) in [4.78, 5) is 35.5. The van der Waals surface area contributed by atoms with Crippen LogP contribution >= 0.6 is 0 Å². The standard InChI is InChI=1S/C20H24N4O7S/c1-14-6-4-5-7-15(14)12-23(3)19(25)13-31-20(26)11-22-32(29,30)16-8-9-17(21-2)18(10-16)24(27)28/h4-10,21-22H,11-13H2,1-3H3. The molecule has 172 valence electrons. The van der Waals surface area contributed by atoms with E-state index in [1.807, 2.05) is 35.9 Å². The minimum absolute atomic E-state index is 0.140. The van der Waals surface area contributed by atoms with Gasteiger partial charge in [-0.3, -0.25) is 19.7 Å². The number of carbonyl (C=O) groups excluding carboxylic acids is 2. The van der Waals surface area contributed by atoms with Gasteiger partial charge in [-0.15, -0.1) is 0 Å². The van der Waals surface area contributed by atoms with Crippen LogP contribution < -0.4 is 10.0 Å².